The van der Waals surface area contributed by atoms with Gasteiger partial charge in [-0.1, -0.05) is 0 Å². The van der Waals surface area contributed by atoms with Crippen LogP contribution in [-0.4, -0.2) is 39.7 Å². The van der Waals surface area contributed by atoms with Crippen molar-refractivity contribution >= 4 is 14.2 Å². The molecule has 0 aromatic rings. The minimum Gasteiger partial charge on any atom is -0.414 e. The highest BCUT2D eigenvalue weighted by Crippen LogP contribution is 2.36. The monoisotopic (exact) mass is 230 g/mol. The Hall–Kier alpha value is -0.0301. The Balaban J connectivity index is 0.000000325. The lowest BCUT2D eigenvalue weighted by Crippen LogP contribution is -2.41. The van der Waals surface area contributed by atoms with Gasteiger partial charge in [-0.2, -0.15) is 0 Å². The predicted octanol–water partition coefficient (Wildman–Crippen LogP) is 2.11. The summed E-state index contributed by atoms with van der Waals surface area (Å²) < 4.78 is 20.4. The van der Waals surface area contributed by atoms with Crippen molar-refractivity contribution in [2.75, 3.05) is 14.2 Å². The molecule has 6 heteroatoms. The average molecular weight is 230 g/mol. The van der Waals surface area contributed by atoms with Gasteiger partial charge in [-0.05, 0) is 41.3 Å². The molecule has 0 radical (unpaired) electrons. The Labute approximate surface area is 100 Å². The third-order valence-electron chi connectivity index (χ3n) is 3.03. The van der Waals surface area contributed by atoms with Crippen molar-refractivity contribution in [3.05, 3.63) is 0 Å². The second-order valence-corrected chi connectivity index (χ2v) is 4.86. The minimum atomic E-state index is -0.160. The molecule has 1 rings (SSSR count). The first kappa shape index (κ1) is 16.0. The zero-order chi connectivity index (χ0) is 13.0. The zero-order valence-corrected chi connectivity index (χ0v) is 11.8. The molecule has 1 aliphatic heterocycles. The fourth-order valence-electron chi connectivity index (χ4n) is 1.23. The van der Waals surface area contributed by atoms with E-state index in [0.717, 1.165) is 0 Å². The number of hydrogen-bond donors (Lipinski definition) is 0. The normalized spacial score (nSPS) is 21.4. The second-order valence-electron chi connectivity index (χ2n) is 4.86. The third kappa shape index (κ3) is 4.45. The molecule has 0 saturated carbocycles. The van der Waals surface area contributed by atoms with Gasteiger partial charge >= 0.3 is 14.2 Å². The van der Waals surface area contributed by atoms with Crippen molar-refractivity contribution < 1.29 is 18.6 Å². The Bertz CT molecular complexity index is 189. The molecule has 1 aliphatic rings. The molecule has 0 N–H and O–H groups in total. The van der Waals surface area contributed by atoms with Crippen LogP contribution in [0.4, 0.5) is 0 Å². The first-order valence-electron chi connectivity index (χ1n) is 5.57. The van der Waals surface area contributed by atoms with E-state index >= 15 is 0 Å². The molecule has 16 heavy (non-hydrogen) atoms. The summed E-state index contributed by atoms with van der Waals surface area (Å²) in [6.07, 6.45) is 0. The summed E-state index contributed by atoms with van der Waals surface area (Å²) in [5, 5.41) is 0. The average Bonchev–Trinajstić information content (AvgIpc) is 2.33. The first-order chi connectivity index (χ1) is 7.16. The highest BCUT2D eigenvalue weighted by molar-refractivity contribution is 6.43. The summed E-state index contributed by atoms with van der Waals surface area (Å²) in [7, 11) is 3.08. The highest BCUT2D eigenvalue weighted by Gasteiger charge is 2.48. The molecule has 0 amide bonds. The standard InChI is InChI=1S/C7H15BO2.C3H9BO2/c1-6(2)7(3,4)10-8(5)9-6;1-4(5-2)6-3/h1-5H3;1-3H3. The predicted molar refractivity (Wildman–Crippen MR) is 67.6 cm³/mol. The summed E-state index contributed by atoms with van der Waals surface area (Å²) >= 11 is 0. The van der Waals surface area contributed by atoms with Crippen molar-refractivity contribution in [3.63, 3.8) is 0 Å². The molecule has 94 valence electrons. The van der Waals surface area contributed by atoms with Gasteiger partial charge in [-0.3, -0.25) is 0 Å². The van der Waals surface area contributed by atoms with Gasteiger partial charge in [0.1, 0.15) is 0 Å². The Morgan fingerprint density at radius 1 is 0.938 bits per heavy atom. The maximum Gasteiger partial charge on any atom is 0.454 e. The molecule has 0 unspecified atom stereocenters. The summed E-state index contributed by atoms with van der Waals surface area (Å²) in [6, 6.07) is 0. The number of rotatable bonds is 2. The summed E-state index contributed by atoms with van der Waals surface area (Å²) in [5.41, 5.74) is -0.321. The Kier molecular flexibility index (Phi) is 6.04. The van der Waals surface area contributed by atoms with E-state index in [9.17, 15) is 0 Å². The zero-order valence-electron chi connectivity index (χ0n) is 11.8. The summed E-state index contributed by atoms with van der Waals surface area (Å²) in [6.45, 7) is 12.0. The molecular formula is C10H24B2O4. The molecule has 0 spiro atoms. The van der Waals surface area contributed by atoms with Crippen molar-refractivity contribution in [2.45, 2.75) is 52.5 Å². The van der Waals surface area contributed by atoms with Crippen LogP contribution in [0.15, 0.2) is 0 Å². The summed E-state index contributed by atoms with van der Waals surface area (Å²) in [5.74, 6) is 0. The molecule has 1 saturated heterocycles. The van der Waals surface area contributed by atoms with Crippen LogP contribution < -0.4 is 0 Å². The topological polar surface area (TPSA) is 36.9 Å². The van der Waals surface area contributed by atoms with Gasteiger partial charge in [0.05, 0.1) is 11.2 Å². The fourth-order valence-corrected chi connectivity index (χ4v) is 1.23. The third-order valence-corrected chi connectivity index (χ3v) is 3.03. The largest absolute Gasteiger partial charge is 0.454 e. The van der Waals surface area contributed by atoms with Crippen LogP contribution in [0, 0.1) is 0 Å². The van der Waals surface area contributed by atoms with Gasteiger partial charge in [0, 0.05) is 14.2 Å². The van der Waals surface area contributed by atoms with Gasteiger partial charge in [0.25, 0.3) is 0 Å². The van der Waals surface area contributed by atoms with Gasteiger partial charge in [-0.15, -0.1) is 0 Å². The lowest BCUT2D eigenvalue weighted by atomic mass is 9.90. The van der Waals surface area contributed by atoms with Crippen LogP contribution in [0.5, 0.6) is 0 Å². The molecule has 4 nitrogen and oxygen atoms in total. The van der Waals surface area contributed by atoms with E-state index in [1.165, 1.54) is 0 Å². The van der Waals surface area contributed by atoms with Crippen molar-refractivity contribution in [2.24, 2.45) is 0 Å². The van der Waals surface area contributed by atoms with E-state index < -0.39 is 0 Å². The van der Waals surface area contributed by atoms with Gasteiger partial charge in [0.2, 0.25) is 0 Å². The maximum absolute atomic E-state index is 5.54. The van der Waals surface area contributed by atoms with Gasteiger partial charge in [-0.25, -0.2) is 0 Å². The van der Waals surface area contributed by atoms with E-state index in [-0.39, 0.29) is 25.4 Å². The molecular weight excluding hydrogens is 206 g/mol. The van der Waals surface area contributed by atoms with E-state index in [2.05, 4.69) is 37.0 Å². The lowest BCUT2D eigenvalue weighted by Gasteiger charge is -2.32. The molecule has 0 aliphatic carbocycles. The van der Waals surface area contributed by atoms with Crippen LogP contribution in [0.3, 0.4) is 0 Å². The molecule has 1 heterocycles. The highest BCUT2D eigenvalue weighted by atomic mass is 16.7. The van der Waals surface area contributed by atoms with E-state index in [4.69, 9.17) is 9.31 Å². The van der Waals surface area contributed by atoms with E-state index in [1.807, 2.05) is 13.6 Å². The van der Waals surface area contributed by atoms with Crippen LogP contribution in [0.1, 0.15) is 27.7 Å². The lowest BCUT2D eigenvalue weighted by molar-refractivity contribution is 0.00578. The van der Waals surface area contributed by atoms with Crippen LogP contribution in [-0.2, 0) is 18.6 Å². The van der Waals surface area contributed by atoms with Crippen LogP contribution in [0.25, 0.3) is 0 Å². The van der Waals surface area contributed by atoms with E-state index in [1.54, 1.807) is 14.2 Å². The van der Waals surface area contributed by atoms with Crippen molar-refractivity contribution in [1.82, 2.24) is 0 Å². The smallest absolute Gasteiger partial charge is 0.414 e. The van der Waals surface area contributed by atoms with Crippen LogP contribution >= 0.6 is 0 Å². The molecule has 0 aromatic carbocycles. The minimum absolute atomic E-state index is 0.0648. The SMILES string of the molecule is CB1OC(C)(C)C(C)(C)O1.COB(C)OC. The van der Waals surface area contributed by atoms with Crippen molar-refractivity contribution in [3.8, 4) is 0 Å². The summed E-state index contributed by atoms with van der Waals surface area (Å²) in [4.78, 5) is 0. The molecule has 0 bridgehead atoms. The first-order valence-corrected chi connectivity index (χ1v) is 5.57. The molecule has 0 atom stereocenters. The quantitative estimate of drug-likeness (QED) is 0.680. The fraction of sp³-hybridized carbons (Fsp3) is 1.00. The number of hydrogen-bond acceptors (Lipinski definition) is 4. The maximum atomic E-state index is 5.54. The van der Waals surface area contributed by atoms with Gasteiger partial charge in [0.15, 0.2) is 0 Å². The molecule has 1 fully saturated rings. The van der Waals surface area contributed by atoms with E-state index in [0.29, 0.717) is 0 Å². The molecule has 0 aromatic heterocycles. The van der Waals surface area contributed by atoms with Crippen LogP contribution in [0.2, 0.25) is 13.6 Å². The second kappa shape index (κ2) is 6.05. The van der Waals surface area contributed by atoms with Crippen molar-refractivity contribution in [1.29, 1.82) is 0 Å². The Morgan fingerprint density at radius 2 is 1.25 bits per heavy atom. The van der Waals surface area contributed by atoms with Gasteiger partial charge < -0.3 is 18.6 Å². The Morgan fingerprint density at radius 3 is 1.31 bits per heavy atom.